The minimum absolute atomic E-state index is 0.104. The van der Waals surface area contributed by atoms with Gasteiger partial charge in [0.05, 0.1) is 17.0 Å². The average Bonchev–Trinajstić information content (AvgIpc) is 2.28. The molecule has 1 rings (SSSR count). The number of rotatable bonds is 4. The van der Waals surface area contributed by atoms with Crippen LogP contribution in [0.5, 0.6) is 0 Å². The molecule has 6 nitrogen and oxygen atoms in total. The number of aromatic carboxylic acids is 1. The van der Waals surface area contributed by atoms with Gasteiger partial charge in [-0.05, 0) is 25.1 Å². The molecule has 0 saturated heterocycles. The third-order valence-corrected chi connectivity index (χ3v) is 4.13. The molecule has 0 spiro atoms. The van der Waals surface area contributed by atoms with E-state index in [-0.39, 0.29) is 22.7 Å². The van der Waals surface area contributed by atoms with Gasteiger partial charge in [-0.2, -0.15) is 0 Å². The van der Waals surface area contributed by atoms with E-state index in [2.05, 4.69) is 0 Å². The van der Waals surface area contributed by atoms with E-state index in [4.69, 9.17) is 10.8 Å². The Morgan fingerprint density at radius 1 is 1.47 bits per heavy atom. The molecule has 0 aliphatic rings. The molecule has 0 heterocycles. The summed E-state index contributed by atoms with van der Waals surface area (Å²) in [6, 6.07) is 4.08. The van der Waals surface area contributed by atoms with Crippen molar-refractivity contribution in [2.45, 2.75) is 6.92 Å². The largest absolute Gasteiger partial charge is 0.478 e. The lowest BCUT2D eigenvalue weighted by atomic mass is 10.1. The first-order valence-electron chi connectivity index (χ1n) is 4.89. The zero-order chi connectivity index (χ0) is 13.2. The van der Waals surface area contributed by atoms with Crippen molar-refractivity contribution in [3.63, 3.8) is 0 Å². The number of benzene rings is 1. The molecular formula is C10H14N2O4S. The lowest BCUT2D eigenvalue weighted by Gasteiger charge is -2.20. The van der Waals surface area contributed by atoms with Crippen LogP contribution in [-0.2, 0) is 10.0 Å². The van der Waals surface area contributed by atoms with Crippen LogP contribution >= 0.6 is 0 Å². The van der Waals surface area contributed by atoms with Gasteiger partial charge in [0, 0.05) is 12.7 Å². The number of carbonyl (C=O) groups is 1. The normalized spacial score (nSPS) is 11.2. The minimum Gasteiger partial charge on any atom is -0.478 e. The number of carboxylic acids is 1. The summed E-state index contributed by atoms with van der Waals surface area (Å²) in [6.45, 7) is 1.49. The summed E-state index contributed by atoms with van der Waals surface area (Å²) in [6.07, 6.45) is 0. The number of carboxylic acid groups (broad SMARTS) is 1. The van der Waals surface area contributed by atoms with Crippen molar-refractivity contribution in [2.75, 3.05) is 22.8 Å². The maximum Gasteiger partial charge on any atom is 0.337 e. The van der Waals surface area contributed by atoms with Gasteiger partial charge in [0.1, 0.15) is 0 Å². The number of nitrogens with zero attached hydrogens (tertiary/aromatic N) is 1. The van der Waals surface area contributed by atoms with E-state index in [1.54, 1.807) is 0 Å². The van der Waals surface area contributed by atoms with E-state index < -0.39 is 16.0 Å². The van der Waals surface area contributed by atoms with Crippen LogP contribution in [0.4, 0.5) is 11.4 Å². The monoisotopic (exact) mass is 258 g/mol. The molecule has 1 aromatic carbocycles. The molecule has 0 radical (unpaired) electrons. The van der Waals surface area contributed by atoms with Crippen molar-refractivity contribution < 1.29 is 18.3 Å². The molecule has 0 amide bonds. The van der Waals surface area contributed by atoms with Gasteiger partial charge in [-0.1, -0.05) is 0 Å². The molecule has 7 heteroatoms. The topological polar surface area (TPSA) is 101 Å². The third kappa shape index (κ3) is 2.68. The molecule has 3 N–H and O–H groups in total. The molecule has 0 saturated carbocycles. The second kappa shape index (κ2) is 4.62. The van der Waals surface area contributed by atoms with Crippen molar-refractivity contribution in [3.05, 3.63) is 23.8 Å². The Morgan fingerprint density at radius 2 is 2.06 bits per heavy atom. The lowest BCUT2D eigenvalue weighted by molar-refractivity contribution is 0.0698. The highest BCUT2D eigenvalue weighted by molar-refractivity contribution is 7.92. The average molecular weight is 258 g/mol. The van der Waals surface area contributed by atoms with E-state index in [0.717, 1.165) is 4.31 Å². The fourth-order valence-electron chi connectivity index (χ4n) is 1.34. The van der Waals surface area contributed by atoms with Gasteiger partial charge >= 0.3 is 5.97 Å². The highest BCUT2D eigenvalue weighted by atomic mass is 32.2. The van der Waals surface area contributed by atoms with Crippen LogP contribution in [0, 0.1) is 0 Å². The van der Waals surface area contributed by atoms with Crippen LogP contribution in [0.15, 0.2) is 18.2 Å². The van der Waals surface area contributed by atoms with Crippen molar-refractivity contribution in [1.82, 2.24) is 0 Å². The summed E-state index contributed by atoms with van der Waals surface area (Å²) >= 11 is 0. The van der Waals surface area contributed by atoms with Crippen LogP contribution < -0.4 is 10.0 Å². The predicted molar refractivity (Wildman–Crippen MR) is 65.7 cm³/mol. The smallest absolute Gasteiger partial charge is 0.337 e. The summed E-state index contributed by atoms with van der Waals surface area (Å²) in [5, 5.41) is 9.00. The van der Waals surface area contributed by atoms with Gasteiger partial charge in [0.15, 0.2) is 0 Å². The van der Waals surface area contributed by atoms with Crippen LogP contribution in [0.3, 0.4) is 0 Å². The van der Waals surface area contributed by atoms with Crippen molar-refractivity contribution in [3.8, 4) is 0 Å². The van der Waals surface area contributed by atoms with Crippen molar-refractivity contribution in [1.29, 1.82) is 0 Å². The zero-order valence-corrected chi connectivity index (χ0v) is 10.4. The van der Waals surface area contributed by atoms with Gasteiger partial charge in [0.25, 0.3) is 0 Å². The summed E-state index contributed by atoms with van der Waals surface area (Å²) in [5.41, 5.74) is 5.72. The number of hydrogen-bond acceptors (Lipinski definition) is 4. The molecule has 0 aliphatic carbocycles. The zero-order valence-electron chi connectivity index (χ0n) is 9.54. The molecular weight excluding hydrogens is 244 g/mol. The summed E-state index contributed by atoms with van der Waals surface area (Å²) in [5.74, 6) is -1.32. The summed E-state index contributed by atoms with van der Waals surface area (Å²) < 4.78 is 24.3. The maximum absolute atomic E-state index is 11.7. The SMILES string of the molecule is CCS(=O)(=O)N(C)c1ccc(N)cc1C(=O)O. The van der Waals surface area contributed by atoms with Crippen LogP contribution in [0.25, 0.3) is 0 Å². The lowest BCUT2D eigenvalue weighted by Crippen LogP contribution is -2.29. The first-order chi connectivity index (χ1) is 7.79. The molecule has 0 fully saturated rings. The van der Waals surface area contributed by atoms with Crippen molar-refractivity contribution >= 4 is 27.4 Å². The second-order valence-corrected chi connectivity index (χ2v) is 5.74. The maximum atomic E-state index is 11.7. The minimum atomic E-state index is -3.49. The quantitative estimate of drug-likeness (QED) is 0.776. The Balaban J connectivity index is 3.37. The Morgan fingerprint density at radius 3 is 2.53 bits per heavy atom. The van der Waals surface area contributed by atoms with E-state index in [1.807, 2.05) is 0 Å². The first-order valence-corrected chi connectivity index (χ1v) is 6.50. The molecule has 0 aliphatic heterocycles. The highest BCUT2D eigenvalue weighted by Crippen LogP contribution is 2.24. The first kappa shape index (κ1) is 13.3. The van der Waals surface area contributed by atoms with E-state index in [1.165, 1.54) is 32.2 Å². The van der Waals surface area contributed by atoms with E-state index in [9.17, 15) is 13.2 Å². The van der Waals surface area contributed by atoms with Gasteiger partial charge in [0.2, 0.25) is 10.0 Å². The van der Waals surface area contributed by atoms with Crippen molar-refractivity contribution in [2.24, 2.45) is 0 Å². The molecule has 0 atom stereocenters. The third-order valence-electron chi connectivity index (χ3n) is 2.37. The predicted octanol–water partition coefficient (Wildman–Crippen LogP) is 0.753. The Bertz CT molecular complexity index is 539. The Kier molecular flexibility index (Phi) is 3.62. The van der Waals surface area contributed by atoms with Crippen LogP contribution in [-0.4, -0.2) is 32.3 Å². The van der Waals surface area contributed by atoms with E-state index >= 15 is 0 Å². The number of nitrogens with two attached hydrogens (primary N) is 1. The molecule has 17 heavy (non-hydrogen) atoms. The van der Waals surface area contributed by atoms with E-state index in [0.29, 0.717) is 0 Å². The van der Waals surface area contributed by atoms with Crippen LogP contribution in [0.2, 0.25) is 0 Å². The standard InChI is InChI=1S/C10H14N2O4S/c1-3-17(15,16)12(2)9-5-4-7(11)6-8(9)10(13)14/h4-6H,3,11H2,1-2H3,(H,13,14). The molecule has 94 valence electrons. The highest BCUT2D eigenvalue weighted by Gasteiger charge is 2.21. The van der Waals surface area contributed by atoms with Gasteiger partial charge in [-0.15, -0.1) is 0 Å². The summed E-state index contributed by atoms with van der Waals surface area (Å²) in [7, 11) is -2.17. The fourth-order valence-corrected chi connectivity index (χ4v) is 2.19. The van der Waals surface area contributed by atoms with Gasteiger partial charge in [-0.25, -0.2) is 13.2 Å². The Labute approximate surface area is 99.7 Å². The molecule has 0 aromatic heterocycles. The van der Waals surface area contributed by atoms with Gasteiger partial charge in [-0.3, -0.25) is 4.31 Å². The second-order valence-electron chi connectivity index (χ2n) is 3.45. The number of anilines is 2. The van der Waals surface area contributed by atoms with Gasteiger partial charge < -0.3 is 10.8 Å². The Hall–Kier alpha value is -1.76. The molecule has 1 aromatic rings. The molecule has 0 unspecified atom stereocenters. The number of sulfonamides is 1. The number of nitrogen functional groups attached to an aromatic ring is 1. The van der Waals surface area contributed by atoms with Crippen LogP contribution in [0.1, 0.15) is 17.3 Å². The fraction of sp³-hybridized carbons (Fsp3) is 0.300. The number of hydrogen-bond donors (Lipinski definition) is 2. The molecule has 0 bridgehead atoms. The summed E-state index contributed by atoms with van der Waals surface area (Å²) in [4.78, 5) is 11.0.